The third-order valence-electron chi connectivity index (χ3n) is 5.00. The molecule has 1 N–H and O–H groups in total. The van der Waals surface area contributed by atoms with Crippen molar-refractivity contribution in [2.75, 3.05) is 0 Å². The lowest BCUT2D eigenvalue weighted by Gasteiger charge is -2.19. The summed E-state index contributed by atoms with van der Waals surface area (Å²) in [6.07, 6.45) is 3.82. The van der Waals surface area contributed by atoms with Crippen molar-refractivity contribution >= 4 is 10.0 Å². The highest BCUT2D eigenvalue weighted by Gasteiger charge is 2.20. The van der Waals surface area contributed by atoms with Gasteiger partial charge in [0.05, 0.1) is 4.90 Å². The average molecular weight is 374 g/mol. The third-order valence-corrected chi connectivity index (χ3v) is 6.49. The number of sulfonamides is 1. The van der Waals surface area contributed by atoms with Crippen molar-refractivity contribution in [3.63, 3.8) is 0 Å². The minimum atomic E-state index is -3.53. The van der Waals surface area contributed by atoms with E-state index in [1.54, 1.807) is 12.1 Å². The molecule has 142 valence electrons. The highest BCUT2D eigenvalue weighted by Crippen LogP contribution is 2.24. The molecule has 3 nitrogen and oxygen atoms in total. The molecule has 0 spiro atoms. The van der Waals surface area contributed by atoms with E-state index < -0.39 is 10.0 Å². The zero-order valence-corrected chi connectivity index (χ0v) is 17.1. The second-order valence-electron chi connectivity index (χ2n) is 6.95. The Balaban J connectivity index is 2.17. The number of rotatable bonds is 9. The third kappa shape index (κ3) is 5.18. The number of aryl methyl sites for hydroxylation is 1. The summed E-state index contributed by atoms with van der Waals surface area (Å²) in [4.78, 5) is 0.326. The SMILES string of the molecule is CCCc1ccc(S(=O)(=O)NC(CC)c2ccc(C(C)CC)cc2)cc1. The lowest BCUT2D eigenvalue weighted by atomic mass is 9.96. The van der Waals surface area contributed by atoms with Crippen molar-refractivity contribution in [2.45, 2.75) is 70.2 Å². The highest BCUT2D eigenvalue weighted by atomic mass is 32.2. The molecule has 2 atom stereocenters. The van der Waals surface area contributed by atoms with Gasteiger partial charge in [-0.25, -0.2) is 13.1 Å². The molecule has 0 aromatic heterocycles. The molecule has 2 rings (SSSR count). The maximum Gasteiger partial charge on any atom is 0.241 e. The van der Waals surface area contributed by atoms with Crippen LogP contribution in [0, 0.1) is 0 Å². The maximum atomic E-state index is 12.8. The molecule has 26 heavy (non-hydrogen) atoms. The zero-order valence-electron chi connectivity index (χ0n) is 16.3. The number of benzene rings is 2. The molecule has 0 fully saturated rings. The number of hydrogen-bond donors (Lipinski definition) is 1. The Kier molecular flexibility index (Phi) is 7.42. The van der Waals surface area contributed by atoms with Crippen molar-refractivity contribution in [1.82, 2.24) is 4.72 Å². The van der Waals surface area contributed by atoms with Crippen LogP contribution in [0.3, 0.4) is 0 Å². The van der Waals surface area contributed by atoms with Crippen molar-refractivity contribution in [3.05, 3.63) is 65.2 Å². The predicted molar refractivity (Wildman–Crippen MR) is 109 cm³/mol. The second kappa shape index (κ2) is 9.33. The Morgan fingerprint density at radius 1 is 0.846 bits per heavy atom. The van der Waals surface area contributed by atoms with Crippen molar-refractivity contribution in [1.29, 1.82) is 0 Å². The van der Waals surface area contributed by atoms with Crippen molar-refractivity contribution in [3.8, 4) is 0 Å². The molecule has 0 aliphatic heterocycles. The van der Waals surface area contributed by atoms with Gasteiger partial charge < -0.3 is 0 Å². The van der Waals surface area contributed by atoms with Gasteiger partial charge in [0, 0.05) is 6.04 Å². The zero-order chi connectivity index (χ0) is 19.2. The normalized spacial score (nSPS) is 14.2. The van der Waals surface area contributed by atoms with Gasteiger partial charge in [-0.2, -0.15) is 0 Å². The molecule has 2 aromatic carbocycles. The fourth-order valence-corrected chi connectivity index (χ4v) is 4.37. The molecule has 2 unspecified atom stereocenters. The molecular formula is C22H31NO2S. The monoisotopic (exact) mass is 373 g/mol. The fraction of sp³-hybridized carbons (Fsp3) is 0.455. The molecule has 0 aliphatic carbocycles. The molecule has 0 heterocycles. The molecule has 4 heteroatoms. The molecule has 0 radical (unpaired) electrons. The lowest BCUT2D eigenvalue weighted by molar-refractivity contribution is 0.550. The first-order valence-corrected chi connectivity index (χ1v) is 11.1. The van der Waals surface area contributed by atoms with E-state index in [2.05, 4.69) is 37.6 Å². The largest absolute Gasteiger partial charge is 0.241 e. The van der Waals surface area contributed by atoms with Gasteiger partial charge in [-0.15, -0.1) is 0 Å². The van der Waals surface area contributed by atoms with Crippen LogP contribution < -0.4 is 4.72 Å². The van der Waals surface area contributed by atoms with Crippen molar-refractivity contribution in [2.24, 2.45) is 0 Å². The first-order valence-electron chi connectivity index (χ1n) is 9.62. The molecule has 0 saturated heterocycles. The molecule has 2 aromatic rings. The van der Waals surface area contributed by atoms with Gasteiger partial charge in [-0.1, -0.05) is 70.5 Å². The standard InChI is InChI=1S/C22H31NO2S/c1-5-8-18-9-15-21(16-10-18)26(24,25)23-22(7-3)20-13-11-19(12-14-20)17(4)6-2/h9-17,22-23H,5-8H2,1-4H3. The van der Waals surface area contributed by atoms with Crippen LogP contribution in [-0.4, -0.2) is 8.42 Å². The van der Waals surface area contributed by atoms with Gasteiger partial charge in [0.15, 0.2) is 0 Å². The van der Waals surface area contributed by atoms with Crippen LogP contribution in [0.1, 0.15) is 75.6 Å². The Labute approximate surface area is 158 Å². The summed E-state index contributed by atoms with van der Waals surface area (Å²) >= 11 is 0. The van der Waals surface area contributed by atoms with E-state index in [-0.39, 0.29) is 6.04 Å². The molecule has 0 bridgehead atoms. The number of hydrogen-bond acceptors (Lipinski definition) is 2. The second-order valence-corrected chi connectivity index (χ2v) is 8.67. The van der Waals surface area contributed by atoms with Crippen molar-refractivity contribution < 1.29 is 8.42 Å². The van der Waals surface area contributed by atoms with E-state index in [1.165, 1.54) is 11.1 Å². The van der Waals surface area contributed by atoms with Gasteiger partial charge in [0.1, 0.15) is 0 Å². The summed E-state index contributed by atoms with van der Waals surface area (Å²) < 4.78 is 28.4. The predicted octanol–water partition coefficient (Wildman–Crippen LogP) is 5.58. The van der Waals surface area contributed by atoms with E-state index in [0.29, 0.717) is 17.2 Å². The summed E-state index contributed by atoms with van der Waals surface area (Å²) in [5, 5.41) is 0. The molecule has 0 amide bonds. The summed E-state index contributed by atoms with van der Waals surface area (Å²) in [6, 6.07) is 15.3. The van der Waals surface area contributed by atoms with Gasteiger partial charge >= 0.3 is 0 Å². The van der Waals surface area contributed by atoms with Gasteiger partial charge in [0.25, 0.3) is 0 Å². The first kappa shape index (κ1) is 20.7. The fourth-order valence-electron chi connectivity index (χ4n) is 3.06. The Morgan fingerprint density at radius 2 is 1.42 bits per heavy atom. The Morgan fingerprint density at radius 3 is 1.92 bits per heavy atom. The molecule has 0 saturated carbocycles. The van der Waals surface area contributed by atoms with E-state index in [9.17, 15) is 8.42 Å². The van der Waals surface area contributed by atoms with Crippen LogP contribution in [-0.2, 0) is 16.4 Å². The van der Waals surface area contributed by atoms with Gasteiger partial charge in [0.2, 0.25) is 10.0 Å². The van der Waals surface area contributed by atoms with E-state index in [1.807, 2.05) is 31.2 Å². The highest BCUT2D eigenvalue weighted by molar-refractivity contribution is 7.89. The maximum absolute atomic E-state index is 12.8. The minimum absolute atomic E-state index is 0.221. The minimum Gasteiger partial charge on any atom is -0.207 e. The van der Waals surface area contributed by atoms with E-state index >= 15 is 0 Å². The molecule has 0 aliphatic rings. The average Bonchev–Trinajstić information content (AvgIpc) is 2.66. The number of nitrogens with one attached hydrogen (secondary N) is 1. The summed E-state index contributed by atoms with van der Waals surface area (Å²) in [7, 11) is -3.53. The van der Waals surface area contributed by atoms with Crippen LogP contribution >= 0.6 is 0 Å². The summed E-state index contributed by atoms with van der Waals surface area (Å²) in [6.45, 7) is 8.50. The topological polar surface area (TPSA) is 46.2 Å². The van der Waals surface area contributed by atoms with E-state index in [4.69, 9.17) is 0 Å². The summed E-state index contributed by atoms with van der Waals surface area (Å²) in [5.41, 5.74) is 3.46. The van der Waals surface area contributed by atoms with Gasteiger partial charge in [-0.3, -0.25) is 0 Å². The van der Waals surface area contributed by atoms with Crippen LogP contribution in [0.4, 0.5) is 0 Å². The Hall–Kier alpha value is -1.65. The van der Waals surface area contributed by atoms with Crippen LogP contribution in [0.5, 0.6) is 0 Å². The quantitative estimate of drug-likeness (QED) is 0.623. The van der Waals surface area contributed by atoms with Gasteiger partial charge in [-0.05, 0) is 54.0 Å². The molecular weight excluding hydrogens is 342 g/mol. The van der Waals surface area contributed by atoms with E-state index in [0.717, 1.165) is 24.8 Å². The smallest absolute Gasteiger partial charge is 0.207 e. The Bertz CT molecular complexity index is 780. The van der Waals surface area contributed by atoms with Crippen LogP contribution in [0.25, 0.3) is 0 Å². The summed E-state index contributed by atoms with van der Waals surface area (Å²) in [5.74, 6) is 0.516. The lowest BCUT2D eigenvalue weighted by Crippen LogP contribution is -2.28. The first-order chi connectivity index (χ1) is 12.4. The van der Waals surface area contributed by atoms with Crippen LogP contribution in [0.2, 0.25) is 0 Å². The van der Waals surface area contributed by atoms with Crippen LogP contribution in [0.15, 0.2) is 53.4 Å².